The first kappa shape index (κ1) is 14.5. The van der Waals surface area contributed by atoms with Crippen LogP contribution in [0.3, 0.4) is 0 Å². The van der Waals surface area contributed by atoms with Crippen LogP contribution >= 0.6 is 0 Å². The number of likely N-dealkylation sites (N-methyl/N-ethyl adjacent to an activating group) is 1. The molecular weight excluding hydrogens is 210 g/mol. The molecule has 1 saturated carbocycles. The third-order valence-corrected chi connectivity index (χ3v) is 3.42. The van der Waals surface area contributed by atoms with E-state index in [2.05, 4.69) is 32.8 Å². The quantitative estimate of drug-likeness (QED) is 0.571. The van der Waals surface area contributed by atoms with Crippen molar-refractivity contribution in [3.63, 3.8) is 0 Å². The molecule has 1 rings (SSSR count). The third kappa shape index (κ3) is 5.53. The molecule has 0 aromatic rings. The molecule has 1 unspecified atom stereocenters. The van der Waals surface area contributed by atoms with Gasteiger partial charge in [0.2, 0.25) is 0 Å². The molecule has 0 spiro atoms. The topological polar surface area (TPSA) is 41.6 Å². The summed E-state index contributed by atoms with van der Waals surface area (Å²) in [5.41, 5.74) is 6.16. The lowest BCUT2D eigenvalue weighted by Crippen LogP contribution is -2.30. The van der Waals surface area contributed by atoms with Crippen molar-refractivity contribution in [1.82, 2.24) is 4.90 Å². The largest absolute Gasteiger partial charge is 0.387 e. The van der Waals surface area contributed by atoms with E-state index < -0.39 is 0 Å². The van der Waals surface area contributed by atoms with Crippen molar-refractivity contribution >= 4 is 5.84 Å². The van der Waals surface area contributed by atoms with Crippen LogP contribution in [0.2, 0.25) is 0 Å². The Morgan fingerprint density at radius 3 is 2.35 bits per heavy atom. The van der Waals surface area contributed by atoms with Gasteiger partial charge in [0.25, 0.3) is 0 Å². The lowest BCUT2D eigenvalue weighted by Gasteiger charge is -2.21. The van der Waals surface area contributed by atoms with E-state index in [9.17, 15) is 0 Å². The second-order valence-electron chi connectivity index (χ2n) is 6.08. The molecule has 0 aromatic heterocycles. The Morgan fingerprint density at radius 1 is 1.29 bits per heavy atom. The molecule has 1 fully saturated rings. The van der Waals surface area contributed by atoms with Crippen molar-refractivity contribution in [2.24, 2.45) is 22.6 Å². The zero-order chi connectivity index (χ0) is 12.8. The van der Waals surface area contributed by atoms with Crippen LogP contribution in [0.15, 0.2) is 4.99 Å². The van der Waals surface area contributed by atoms with E-state index in [1.54, 1.807) is 0 Å². The highest BCUT2D eigenvalue weighted by atomic mass is 15.1. The number of aliphatic imine (C=N–C) groups is 1. The molecule has 0 bridgehead atoms. The molecule has 0 heterocycles. The number of nitrogens with two attached hydrogens (primary N) is 1. The summed E-state index contributed by atoms with van der Waals surface area (Å²) in [6.07, 6.45) is 6.26. The van der Waals surface area contributed by atoms with Gasteiger partial charge in [-0.05, 0) is 39.3 Å². The normalized spacial score (nSPS) is 20.5. The maximum Gasteiger partial charge on any atom is 0.0972 e. The van der Waals surface area contributed by atoms with Gasteiger partial charge >= 0.3 is 0 Å². The van der Waals surface area contributed by atoms with Gasteiger partial charge in [0.05, 0.1) is 11.9 Å². The molecule has 100 valence electrons. The van der Waals surface area contributed by atoms with Crippen molar-refractivity contribution in [3.8, 4) is 0 Å². The van der Waals surface area contributed by atoms with Gasteiger partial charge in [-0.2, -0.15) is 0 Å². The molecular formula is C14H29N3. The van der Waals surface area contributed by atoms with Crippen molar-refractivity contribution < 1.29 is 0 Å². The van der Waals surface area contributed by atoms with Gasteiger partial charge < -0.3 is 10.6 Å². The fourth-order valence-electron chi connectivity index (χ4n) is 2.67. The maximum absolute atomic E-state index is 6.16. The fraction of sp³-hybridized carbons (Fsp3) is 0.929. The smallest absolute Gasteiger partial charge is 0.0972 e. The molecule has 0 aromatic carbocycles. The van der Waals surface area contributed by atoms with Crippen LogP contribution in [0.5, 0.6) is 0 Å². The second-order valence-corrected chi connectivity index (χ2v) is 6.08. The van der Waals surface area contributed by atoms with E-state index in [4.69, 9.17) is 10.7 Å². The van der Waals surface area contributed by atoms with E-state index in [1.807, 2.05) is 0 Å². The summed E-state index contributed by atoms with van der Waals surface area (Å²) >= 11 is 0. The minimum atomic E-state index is 0.366. The lowest BCUT2D eigenvalue weighted by molar-refractivity contribution is 0.344. The molecule has 2 N–H and O–H groups in total. The van der Waals surface area contributed by atoms with Gasteiger partial charge in [-0.25, -0.2) is 0 Å². The van der Waals surface area contributed by atoms with Crippen LogP contribution in [-0.4, -0.2) is 37.4 Å². The molecule has 1 atom stereocenters. The van der Waals surface area contributed by atoms with E-state index >= 15 is 0 Å². The van der Waals surface area contributed by atoms with Crippen LogP contribution in [0.4, 0.5) is 0 Å². The van der Waals surface area contributed by atoms with Gasteiger partial charge in [-0.1, -0.05) is 26.7 Å². The molecule has 0 aliphatic heterocycles. The number of amidine groups is 1. The first-order valence-corrected chi connectivity index (χ1v) is 6.97. The molecule has 3 heteroatoms. The van der Waals surface area contributed by atoms with Gasteiger partial charge in [0, 0.05) is 12.5 Å². The highest BCUT2D eigenvalue weighted by Crippen LogP contribution is 2.25. The Hall–Kier alpha value is -0.570. The molecule has 0 amide bonds. The lowest BCUT2D eigenvalue weighted by atomic mass is 10.0. The molecule has 0 saturated heterocycles. The summed E-state index contributed by atoms with van der Waals surface area (Å²) < 4.78 is 0. The van der Waals surface area contributed by atoms with E-state index in [1.165, 1.54) is 25.7 Å². The average Bonchev–Trinajstić information content (AvgIpc) is 2.67. The number of hydrogen-bond acceptors (Lipinski definition) is 2. The maximum atomic E-state index is 6.16. The Bertz CT molecular complexity index is 230. The zero-order valence-corrected chi connectivity index (χ0v) is 11.9. The summed E-state index contributed by atoms with van der Waals surface area (Å²) in [7, 11) is 4.21. The van der Waals surface area contributed by atoms with E-state index in [-0.39, 0.29) is 0 Å². The third-order valence-electron chi connectivity index (χ3n) is 3.42. The molecule has 0 radical (unpaired) electrons. The van der Waals surface area contributed by atoms with Crippen LogP contribution in [0.25, 0.3) is 0 Å². The summed E-state index contributed by atoms with van der Waals surface area (Å²) in [5, 5.41) is 0. The average molecular weight is 239 g/mol. The first-order valence-electron chi connectivity index (χ1n) is 6.97. The van der Waals surface area contributed by atoms with Crippen LogP contribution in [0.1, 0.15) is 46.0 Å². The summed E-state index contributed by atoms with van der Waals surface area (Å²) in [4.78, 5) is 7.00. The van der Waals surface area contributed by atoms with Gasteiger partial charge in [0.1, 0.15) is 0 Å². The van der Waals surface area contributed by atoms with Gasteiger partial charge in [-0.15, -0.1) is 0 Å². The monoisotopic (exact) mass is 239 g/mol. The van der Waals surface area contributed by atoms with Crippen molar-refractivity contribution in [2.75, 3.05) is 20.6 Å². The fourth-order valence-corrected chi connectivity index (χ4v) is 2.67. The predicted molar refractivity (Wildman–Crippen MR) is 75.4 cm³/mol. The molecule has 17 heavy (non-hydrogen) atoms. The van der Waals surface area contributed by atoms with Gasteiger partial charge in [-0.3, -0.25) is 4.99 Å². The van der Waals surface area contributed by atoms with Crippen molar-refractivity contribution in [3.05, 3.63) is 0 Å². The Kier molecular flexibility index (Phi) is 5.96. The summed E-state index contributed by atoms with van der Waals surface area (Å²) in [5.74, 6) is 2.15. The van der Waals surface area contributed by atoms with Crippen LogP contribution in [-0.2, 0) is 0 Å². The van der Waals surface area contributed by atoms with E-state index in [0.717, 1.165) is 18.8 Å². The minimum absolute atomic E-state index is 0.366. The number of rotatable bonds is 6. The minimum Gasteiger partial charge on any atom is -0.387 e. The Morgan fingerprint density at radius 2 is 1.88 bits per heavy atom. The standard InChI is InChI=1S/C14H29N3/c1-11(2)9-13(10-17(3)4)16-14(15)12-7-5-6-8-12/h11-13H,5-10H2,1-4H3,(H2,15,16). The predicted octanol–water partition coefficient (Wildman–Crippen LogP) is 2.51. The van der Waals surface area contributed by atoms with Crippen molar-refractivity contribution in [2.45, 2.75) is 52.0 Å². The Labute approximate surface area is 106 Å². The van der Waals surface area contributed by atoms with Crippen LogP contribution in [0, 0.1) is 11.8 Å². The molecule has 1 aliphatic rings. The highest BCUT2D eigenvalue weighted by Gasteiger charge is 2.20. The van der Waals surface area contributed by atoms with Crippen molar-refractivity contribution in [1.29, 1.82) is 0 Å². The highest BCUT2D eigenvalue weighted by molar-refractivity contribution is 5.83. The second kappa shape index (κ2) is 7.00. The van der Waals surface area contributed by atoms with E-state index in [0.29, 0.717) is 17.9 Å². The summed E-state index contributed by atoms with van der Waals surface area (Å²) in [6.45, 7) is 5.51. The Balaban J connectivity index is 2.58. The number of nitrogens with zero attached hydrogens (tertiary/aromatic N) is 2. The summed E-state index contributed by atoms with van der Waals surface area (Å²) in [6, 6.07) is 0.366. The number of hydrogen-bond donors (Lipinski definition) is 1. The zero-order valence-electron chi connectivity index (χ0n) is 11.9. The van der Waals surface area contributed by atoms with Crippen LogP contribution < -0.4 is 5.73 Å². The molecule has 3 nitrogen and oxygen atoms in total. The molecule has 1 aliphatic carbocycles. The first-order chi connectivity index (χ1) is 7.99. The SMILES string of the molecule is CC(C)CC(CN(C)C)N=C(N)C1CCCC1. The van der Waals surface area contributed by atoms with Gasteiger partial charge in [0.15, 0.2) is 0 Å².